The van der Waals surface area contributed by atoms with Gasteiger partial charge in [0.25, 0.3) is 5.91 Å². The monoisotopic (exact) mass is 455 g/mol. The number of carbonyl (C=O) groups excluding carboxylic acids is 2. The second-order valence-electron chi connectivity index (χ2n) is 8.88. The van der Waals surface area contributed by atoms with Crippen LogP contribution in [-0.2, 0) is 4.79 Å². The highest BCUT2D eigenvalue weighted by molar-refractivity contribution is 6.39. The zero-order valence-electron chi connectivity index (χ0n) is 17.2. The van der Waals surface area contributed by atoms with Crippen molar-refractivity contribution in [3.05, 3.63) is 33.8 Å². The first-order valence-electron chi connectivity index (χ1n) is 10.0. The van der Waals surface area contributed by atoms with E-state index < -0.39 is 23.9 Å². The first-order valence-corrected chi connectivity index (χ1v) is 10.8. The maximum absolute atomic E-state index is 12.4. The number of hydrogen-bond donors (Lipinski definition) is 4. The van der Waals surface area contributed by atoms with E-state index in [4.69, 9.17) is 23.2 Å². The molecule has 9 heteroatoms. The quantitative estimate of drug-likeness (QED) is 0.525. The summed E-state index contributed by atoms with van der Waals surface area (Å²) >= 11 is 12.0. The number of nitrogens with one attached hydrogen (secondary N) is 3. The lowest BCUT2D eigenvalue weighted by Gasteiger charge is -2.62. The molecule has 1 aromatic carbocycles. The molecule has 3 fully saturated rings. The van der Waals surface area contributed by atoms with E-state index in [1.807, 2.05) is 0 Å². The van der Waals surface area contributed by atoms with Crippen molar-refractivity contribution in [3.63, 3.8) is 0 Å². The predicted octanol–water partition coefficient (Wildman–Crippen LogP) is 3.55. The molecule has 1 aromatic rings. The third-order valence-corrected chi connectivity index (χ3v) is 7.56. The molecule has 0 radical (unpaired) electrons. The van der Waals surface area contributed by atoms with Crippen molar-refractivity contribution in [2.24, 2.45) is 23.2 Å². The standard InChI is InChI=1S/C21H27Cl2N3O4/c1-10-12-7-11(21(12,2)3)8-15(10)26-20(30)24-9-16(19(28)29)25-18(27)17-13(22)5-4-6-14(17)23/h4-6,10-12,15-16H,7-9H2,1-3H3,(H,25,27)(H,28,29)(H2,24,26,30)/t10-,11+,12-,15-,16+/m1/s1. The smallest absolute Gasteiger partial charge is 0.328 e. The Labute approximate surface area is 185 Å². The van der Waals surface area contributed by atoms with Crippen molar-refractivity contribution in [2.45, 2.75) is 45.7 Å². The van der Waals surface area contributed by atoms with E-state index in [0.717, 1.165) is 6.42 Å². The third-order valence-electron chi connectivity index (χ3n) is 6.93. The van der Waals surface area contributed by atoms with Crippen molar-refractivity contribution in [2.75, 3.05) is 6.54 Å². The summed E-state index contributed by atoms with van der Waals surface area (Å²) in [6, 6.07) is 2.84. The molecule has 0 spiro atoms. The number of carboxylic acids is 1. The number of carbonyl (C=O) groups is 3. The molecule has 2 bridgehead atoms. The zero-order chi connectivity index (χ0) is 22.2. The number of benzene rings is 1. The minimum Gasteiger partial charge on any atom is -0.480 e. The molecular formula is C21H27Cl2N3O4. The Morgan fingerprint density at radius 3 is 2.37 bits per heavy atom. The molecular weight excluding hydrogens is 429 g/mol. The normalized spacial score (nSPS) is 27.4. The van der Waals surface area contributed by atoms with E-state index in [1.165, 1.54) is 18.6 Å². The van der Waals surface area contributed by atoms with Crippen molar-refractivity contribution in [1.29, 1.82) is 0 Å². The van der Waals surface area contributed by atoms with Gasteiger partial charge in [-0.1, -0.05) is 50.0 Å². The summed E-state index contributed by atoms with van der Waals surface area (Å²) in [4.78, 5) is 36.4. The summed E-state index contributed by atoms with van der Waals surface area (Å²) in [5, 5.41) is 17.5. The molecule has 30 heavy (non-hydrogen) atoms. The number of amides is 3. The van der Waals surface area contributed by atoms with Gasteiger partial charge in [0.1, 0.15) is 6.04 Å². The van der Waals surface area contributed by atoms with E-state index in [9.17, 15) is 19.5 Å². The van der Waals surface area contributed by atoms with Crippen LogP contribution < -0.4 is 16.0 Å². The highest BCUT2D eigenvalue weighted by atomic mass is 35.5. The van der Waals surface area contributed by atoms with Gasteiger partial charge in [0, 0.05) is 6.04 Å². The Hall–Kier alpha value is -1.99. The molecule has 0 heterocycles. The van der Waals surface area contributed by atoms with Crippen LogP contribution in [0.25, 0.3) is 0 Å². The van der Waals surface area contributed by atoms with E-state index in [1.54, 1.807) is 6.07 Å². The minimum atomic E-state index is -1.33. The first-order chi connectivity index (χ1) is 14.0. The van der Waals surface area contributed by atoms with Crippen molar-refractivity contribution in [3.8, 4) is 0 Å². The second-order valence-corrected chi connectivity index (χ2v) is 9.69. The van der Waals surface area contributed by atoms with Crippen LogP contribution in [0, 0.1) is 23.2 Å². The Balaban J connectivity index is 1.54. The molecule has 3 aliphatic rings. The molecule has 0 unspecified atom stereocenters. The number of aliphatic carboxylic acids is 1. The molecule has 5 atom stereocenters. The van der Waals surface area contributed by atoms with Crippen molar-refractivity contribution in [1.82, 2.24) is 16.0 Å². The number of carboxylic acid groups (broad SMARTS) is 1. The van der Waals surface area contributed by atoms with Crippen molar-refractivity contribution >= 4 is 41.1 Å². The maximum atomic E-state index is 12.4. The topological polar surface area (TPSA) is 108 Å². The molecule has 3 aliphatic carbocycles. The lowest BCUT2D eigenvalue weighted by atomic mass is 9.45. The molecule has 4 rings (SSSR count). The molecule has 3 saturated carbocycles. The number of halogens is 2. The Morgan fingerprint density at radius 1 is 1.20 bits per heavy atom. The first kappa shape index (κ1) is 22.7. The van der Waals surface area contributed by atoms with Gasteiger partial charge < -0.3 is 21.1 Å². The highest BCUT2D eigenvalue weighted by Gasteiger charge is 2.56. The fourth-order valence-electron chi connectivity index (χ4n) is 4.90. The van der Waals surface area contributed by atoms with Crippen LogP contribution in [0.5, 0.6) is 0 Å². The molecule has 4 N–H and O–H groups in total. The highest BCUT2D eigenvalue weighted by Crippen LogP contribution is 2.61. The fourth-order valence-corrected chi connectivity index (χ4v) is 5.47. The van der Waals surface area contributed by atoms with Crippen LogP contribution in [0.1, 0.15) is 44.0 Å². The second kappa shape index (κ2) is 8.63. The summed E-state index contributed by atoms with van der Waals surface area (Å²) in [5.74, 6) is -0.472. The maximum Gasteiger partial charge on any atom is 0.328 e. The summed E-state index contributed by atoms with van der Waals surface area (Å²) in [6.07, 6.45) is 2.12. The van der Waals surface area contributed by atoms with Gasteiger partial charge in [-0.3, -0.25) is 4.79 Å². The van der Waals surface area contributed by atoms with Crippen LogP contribution in [-0.4, -0.2) is 41.6 Å². The van der Waals surface area contributed by atoms with Gasteiger partial charge in [0.05, 0.1) is 22.2 Å². The Morgan fingerprint density at radius 2 is 1.83 bits per heavy atom. The predicted molar refractivity (Wildman–Crippen MR) is 115 cm³/mol. The molecule has 164 valence electrons. The summed E-state index contributed by atoms with van der Waals surface area (Å²) in [7, 11) is 0. The molecule has 3 amide bonds. The van der Waals surface area contributed by atoms with E-state index in [2.05, 4.69) is 36.7 Å². The Kier molecular flexibility index (Phi) is 6.53. The van der Waals surface area contributed by atoms with E-state index in [0.29, 0.717) is 23.2 Å². The third kappa shape index (κ3) is 4.37. The largest absolute Gasteiger partial charge is 0.480 e. The lowest BCUT2D eigenvalue weighted by Crippen LogP contribution is -2.62. The van der Waals surface area contributed by atoms with Gasteiger partial charge in [0.2, 0.25) is 0 Å². The molecule has 7 nitrogen and oxygen atoms in total. The molecule has 0 aromatic heterocycles. The van der Waals surface area contributed by atoms with E-state index in [-0.39, 0.29) is 28.2 Å². The molecule has 0 aliphatic heterocycles. The van der Waals surface area contributed by atoms with Crippen LogP contribution in [0.15, 0.2) is 18.2 Å². The average Bonchev–Trinajstić information content (AvgIpc) is 2.65. The Bertz CT molecular complexity index is 840. The minimum absolute atomic E-state index is 0.00518. The number of rotatable bonds is 6. The number of fused-ring (bicyclic) bond motifs is 2. The fraction of sp³-hybridized carbons (Fsp3) is 0.571. The summed E-state index contributed by atoms with van der Waals surface area (Å²) in [6.45, 7) is 6.45. The van der Waals surface area contributed by atoms with Crippen LogP contribution >= 0.6 is 23.2 Å². The van der Waals surface area contributed by atoms with Crippen LogP contribution in [0.2, 0.25) is 10.0 Å². The summed E-state index contributed by atoms with van der Waals surface area (Å²) in [5.41, 5.74) is 0.307. The van der Waals surface area contributed by atoms with Gasteiger partial charge in [-0.2, -0.15) is 0 Å². The van der Waals surface area contributed by atoms with Crippen LogP contribution in [0.3, 0.4) is 0 Å². The lowest BCUT2D eigenvalue weighted by molar-refractivity contribution is -0.139. The number of urea groups is 1. The zero-order valence-corrected chi connectivity index (χ0v) is 18.7. The SMILES string of the molecule is C[C@@H]1[C@H]2C[C@@H](C[C@H]1NC(=O)NC[C@H](NC(=O)c1c(Cl)cccc1Cl)C(=O)O)C2(C)C. The summed E-state index contributed by atoms with van der Waals surface area (Å²) < 4.78 is 0. The van der Waals surface area contributed by atoms with E-state index >= 15 is 0 Å². The van der Waals surface area contributed by atoms with Gasteiger partial charge >= 0.3 is 12.0 Å². The van der Waals surface area contributed by atoms with Crippen LogP contribution in [0.4, 0.5) is 4.79 Å². The average molecular weight is 456 g/mol. The van der Waals surface area contributed by atoms with Gasteiger partial charge in [-0.05, 0) is 48.1 Å². The van der Waals surface area contributed by atoms with Crippen molar-refractivity contribution < 1.29 is 19.5 Å². The van der Waals surface area contributed by atoms with Gasteiger partial charge in [-0.15, -0.1) is 0 Å². The van der Waals surface area contributed by atoms with Gasteiger partial charge in [-0.25, -0.2) is 9.59 Å². The van der Waals surface area contributed by atoms with Gasteiger partial charge in [0.15, 0.2) is 0 Å². The molecule has 0 saturated heterocycles. The number of hydrogen-bond acceptors (Lipinski definition) is 3.